The van der Waals surface area contributed by atoms with E-state index in [1.54, 1.807) is 6.07 Å². The Bertz CT molecular complexity index is 660. The molecule has 0 aliphatic carbocycles. The molecule has 0 radical (unpaired) electrons. The molecule has 3 nitrogen and oxygen atoms in total. The lowest BCUT2D eigenvalue weighted by Gasteiger charge is -2.08. The lowest BCUT2D eigenvalue weighted by Crippen LogP contribution is -2.20. The van der Waals surface area contributed by atoms with Crippen molar-refractivity contribution in [3.05, 3.63) is 58.1 Å². The highest BCUT2D eigenvalue weighted by molar-refractivity contribution is 6.42. The molecule has 7 heteroatoms. The van der Waals surface area contributed by atoms with Gasteiger partial charge in [-0.3, -0.25) is 4.79 Å². The van der Waals surface area contributed by atoms with Gasteiger partial charge in [-0.15, -0.1) is 0 Å². The average molecular weight is 332 g/mol. The maximum atomic E-state index is 13.0. The van der Waals surface area contributed by atoms with Crippen molar-refractivity contribution in [3.8, 4) is 5.75 Å². The molecule has 2 aromatic rings. The molecular formula is C14H9Cl2F2NO2. The van der Waals surface area contributed by atoms with Crippen molar-refractivity contribution >= 4 is 34.8 Å². The summed E-state index contributed by atoms with van der Waals surface area (Å²) in [5, 5.41) is 2.97. The normalized spacial score (nSPS) is 10.3. The van der Waals surface area contributed by atoms with E-state index in [2.05, 4.69) is 5.32 Å². The molecule has 0 atom stereocenters. The number of hydrogen-bond acceptors (Lipinski definition) is 2. The summed E-state index contributed by atoms with van der Waals surface area (Å²) in [4.78, 5) is 11.6. The summed E-state index contributed by atoms with van der Waals surface area (Å²) >= 11 is 11.5. The number of carbonyl (C=O) groups is 1. The van der Waals surface area contributed by atoms with E-state index in [1.807, 2.05) is 0 Å². The van der Waals surface area contributed by atoms with Crippen molar-refractivity contribution in [3.63, 3.8) is 0 Å². The van der Waals surface area contributed by atoms with Crippen LogP contribution >= 0.6 is 23.2 Å². The highest BCUT2D eigenvalue weighted by atomic mass is 35.5. The molecule has 0 saturated heterocycles. The Morgan fingerprint density at radius 3 is 2.33 bits per heavy atom. The van der Waals surface area contributed by atoms with E-state index < -0.39 is 17.5 Å². The van der Waals surface area contributed by atoms with Crippen molar-refractivity contribution in [1.82, 2.24) is 0 Å². The topological polar surface area (TPSA) is 38.3 Å². The summed E-state index contributed by atoms with van der Waals surface area (Å²) in [5.74, 6) is -1.78. The van der Waals surface area contributed by atoms with Crippen LogP contribution in [0.15, 0.2) is 36.4 Å². The molecular weight excluding hydrogens is 323 g/mol. The predicted molar refractivity (Wildman–Crippen MR) is 76.9 cm³/mol. The zero-order valence-corrected chi connectivity index (χ0v) is 12.0. The maximum Gasteiger partial charge on any atom is 0.262 e. The summed E-state index contributed by atoms with van der Waals surface area (Å²) in [7, 11) is 0. The van der Waals surface area contributed by atoms with Crippen LogP contribution in [-0.4, -0.2) is 12.5 Å². The second-order valence-corrected chi connectivity index (χ2v) is 4.89. The molecule has 2 aromatic carbocycles. The number of ether oxygens (including phenoxy) is 1. The fourth-order valence-corrected chi connectivity index (χ4v) is 1.83. The molecule has 110 valence electrons. The van der Waals surface area contributed by atoms with Gasteiger partial charge < -0.3 is 10.1 Å². The van der Waals surface area contributed by atoms with E-state index in [1.165, 1.54) is 12.1 Å². The molecule has 0 fully saturated rings. The average Bonchev–Trinajstić information content (AvgIpc) is 2.39. The number of benzene rings is 2. The summed E-state index contributed by atoms with van der Waals surface area (Å²) < 4.78 is 31.1. The summed E-state index contributed by atoms with van der Waals surface area (Å²) in [5.41, 5.74) is 0.00948. The van der Waals surface area contributed by atoms with E-state index in [0.29, 0.717) is 21.9 Å². The van der Waals surface area contributed by atoms with Crippen molar-refractivity contribution in [1.29, 1.82) is 0 Å². The molecule has 0 aromatic heterocycles. The quantitative estimate of drug-likeness (QED) is 0.907. The third-order valence-electron chi connectivity index (χ3n) is 2.41. The molecule has 1 amide bonds. The van der Waals surface area contributed by atoms with E-state index in [-0.39, 0.29) is 12.3 Å². The molecule has 0 unspecified atom stereocenters. The molecule has 0 bridgehead atoms. The van der Waals surface area contributed by atoms with Gasteiger partial charge in [0, 0.05) is 17.8 Å². The number of carbonyl (C=O) groups excluding carboxylic acids is 1. The van der Waals surface area contributed by atoms with Crippen molar-refractivity contribution in [2.75, 3.05) is 11.9 Å². The van der Waals surface area contributed by atoms with Gasteiger partial charge in [-0.2, -0.15) is 0 Å². The first-order valence-electron chi connectivity index (χ1n) is 5.78. The van der Waals surface area contributed by atoms with Gasteiger partial charge in [0.25, 0.3) is 5.91 Å². The number of hydrogen-bond donors (Lipinski definition) is 1. The third kappa shape index (κ3) is 4.58. The Labute approximate surface area is 129 Å². The monoisotopic (exact) mass is 331 g/mol. The minimum Gasteiger partial charge on any atom is -0.484 e. The van der Waals surface area contributed by atoms with Gasteiger partial charge in [0.05, 0.1) is 10.0 Å². The number of rotatable bonds is 4. The Morgan fingerprint density at radius 2 is 1.71 bits per heavy atom. The summed E-state index contributed by atoms with van der Waals surface area (Å²) in [6.45, 7) is -0.337. The van der Waals surface area contributed by atoms with E-state index in [0.717, 1.165) is 12.1 Å². The van der Waals surface area contributed by atoms with Crippen LogP contribution in [0.4, 0.5) is 14.5 Å². The van der Waals surface area contributed by atoms with Crippen LogP contribution in [0.5, 0.6) is 5.75 Å². The number of nitrogens with one attached hydrogen (secondary N) is 1. The largest absolute Gasteiger partial charge is 0.484 e. The van der Waals surface area contributed by atoms with Gasteiger partial charge in [-0.25, -0.2) is 8.78 Å². The molecule has 0 aliphatic heterocycles. The van der Waals surface area contributed by atoms with E-state index >= 15 is 0 Å². The number of amides is 1. The zero-order chi connectivity index (χ0) is 15.4. The van der Waals surface area contributed by atoms with Gasteiger partial charge in [-0.05, 0) is 24.3 Å². The third-order valence-corrected chi connectivity index (χ3v) is 3.15. The fraction of sp³-hybridized carbons (Fsp3) is 0.0714. The van der Waals surface area contributed by atoms with Gasteiger partial charge in [0.2, 0.25) is 0 Å². The van der Waals surface area contributed by atoms with Crippen LogP contribution < -0.4 is 10.1 Å². The Balaban J connectivity index is 1.94. The van der Waals surface area contributed by atoms with E-state index in [9.17, 15) is 13.6 Å². The second kappa shape index (κ2) is 6.74. The van der Waals surface area contributed by atoms with Crippen molar-refractivity contribution < 1.29 is 18.3 Å². The highest BCUT2D eigenvalue weighted by Gasteiger charge is 2.07. The summed E-state index contributed by atoms with van der Waals surface area (Å²) in [6, 6.07) is 7.24. The van der Waals surface area contributed by atoms with Crippen LogP contribution in [0.1, 0.15) is 0 Å². The van der Waals surface area contributed by atoms with Crippen molar-refractivity contribution in [2.45, 2.75) is 0 Å². The first-order valence-corrected chi connectivity index (χ1v) is 6.53. The Hall–Kier alpha value is -1.85. The molecule has 21 heavy (non-hydrogen) atoms. The SMILES string of the molecule is O=C(COc1ccc(Cl)c(Cl)c1)Nc1cc(F)cc(F)c1. The van der Waals surface area contributed by atoms with Crippen LogP contribution in [0.2, 0.25) is 10.0 Å². The summed E-state index contributed by atoms with van der Waals surface area (Å²) in [6.07, 6.45) is 0. The first-order chi connectivity index (χ1) is 9.94. The Kier molecular flexibility index (Phi) is 4.98. The lowest BCUT2D eigenvalue weighted by molar-refractivity contribution is -0.118. The van der Waals surface area contributed by atoms with Crippen LogP contribution in [-0.2, 0) is 4.79 Å². The molecule has 1 N–H and O–H groups in total. The highest BCUT2D eigenvalue weighted by Crippen LogP contribution is 2.26. The van der Waals surface area contributed by atoms with Gasteiger partial charge in [0.15, 0.2) is 6.61 Å². The van der Waals surface area contributed by atoms with Gasteiger partial charge >= 0.3 is 0 Å². The molecule has 0 saturated carbocycles. The van der Waals surface area contributed by atoms with Crippen LogP contribution in [0.25, 0.3) is 0 Å². The Morgan fingerprint density at radius 1 is 1.05 bits per heavy atom. The van der Waals surface area contributed by atoms with Gasteiger partial charge in [0.1, 0.15) is 17.4 Å². The smallest absolute Gasteiger partial charge is 0.262 e. The fourth-order valence-electron chi connectivity index (χ4n) is 1.54. The molecule has 0 aliphatic rings. The number of anilines is 1. The zero-order valence-electron chi connectivity index (χ0n) is 10.5. The lowest BCUT2D eigenvalue weighted by atomic mass is 10.3. The molecule has 0 heterocycles. The van der Waals surface area contributed by atoms with Crippen LogP contribution in [0.3, 0.4) is 0 Å². The van der Waals surface area contributed by atoms with Crippen molar-refractivity contribution in [2.24, 2.45) is 0 Å². The minimum absolute atomic E-state index is 0.00948. The van der Waals surface area contributed by atoms with Gasteiger partial charge in [-0.1, -0.05) is 23.2 Å². The predicted octanol–water partition coefficient (Wildman–Crippen LogP) is 4.29. The van der Waals surface area contributed by atoms with E-state index in [4.69, 9.17) is 27.9 Å². The number of halogens is 4. The molecule has 0 spiro atoms. The standard InChI is InChI=1S/C14H9Cl2F2NO2/c15-12-2-1-11(6-13(12)16)21-7-14(20)19-10-4-8(17)3-9(18)5-10/h1-6H,7H2,(H,19,20). The second-order valence-electron chi connectivity index (χ2n) is 4.07. The minimum atomic E-state index is -0.782. The maximum absolute atomic E-state index is 13.0. The first kappa shape index (κ1) is 15.5. The van der Waals surface area contributed by atoms with Crippen LogP contribution in [0, 0.1) is 11.6 Å². The molecule has 2 rings (SSSR count).